The van der Waals surface area contributed by atoms with Crippen LogP contribution < -0.4 is 16.0 Å². The Bertz CT molecular complexity index is 878. The van der Waals surface area contributed by atoms with E-state index < -0.39 is 41.1 Å². The van der Waals surface area contributed by atoms with E-state index in [1.54, 1.807) is 26.2 Å². The van der Waals surface area contributed by atoms with Crippen LogP contribution in [0.4, 0.5) is 4.79 Å². The largest absolute Gasteiger partial charge is 0.445 e. The van der Waals surface area contributed by atoms with E-state index in [4.69, 9.17) is 4.74 Å². The lowest BCUT2D eigenvalue weighted by Crippen LogP contribution is -2.55. The second kappa shape index (κ2) is 15.0. The number of amides is 4. The molecule has 10 nitrogen and oxygen atoms in total. The zero-order valence-corrected chi connectivity index (χ0v) is 21.8. The van der Waals surface area contributed by atoms with Gasteiger partial charge in [-0.25, -0.2) is 4.79 Å². The van der Waals surface area contributed by atoms with Crippen molar-refractivity contribution >= 4 is 41.6 Å². The van der Waals surface area contributed by atoms with Crippen molar-refractivity contribution in [2.45, 2.75) is 64.8 Å². The van der Waals surface area contributed by atoms with Crippen molar-refractivity contribution in [3.63, 3.8) is 0 Å². The highest BCUT2D eigenvalue weighted by Crippen LogP contribution is 2.09. The third-order valence-corrected chi connectivity index (χ3v) is 5.35. The van der Waals surface area contributed by atoms with Gasteiger partial charge in [-0.3, -0.25) is 19.2 Å². The van der Waals surface area contributed by atoms with Crippen molar-refractivity contribution < 1.29 is 28.7 Å². The van der Waals surface area contributed by atoms with Gasteiger partial charge in [0.2, 0.25) is 22.8 Å². The Labute approximate surface area is 211 Å². The molecule has 1 aromatic carbocycles. The zero-order valence-electron chi connectivity index (χ0n) is 20.9. The minimum absolute atomic E-state index is 0.0469. The van der Waals surface area contributed by atoms with Gasteiger partial charge in [-0.05, 0) is 31.2 Å². The Morgan fingerprint density at radius 2 is 1.51 bits per heavy atom. The molecule has 0 aliphatic rings. The first kappa shape index (κ1) is 30.0. The molecule has 35 heavy (non-hydrogen) atoms. The van der Waals surface area contributed by atoms with E-state index in [1.165, 1.54) is 11.8 Å². The van der Waals surface area contributed by atoms with Crippen LogP contribution >= 0.6 is 12.6 Å². The lowest BCUT2D eigenvalue weighted by molar-refractivity contribution is -0.132. The Balaban J connectivity index is 2.70. The number of hydrogen-bond acceptors (Lipinski definition) is 6. The molecule has 0 aliphatic heterocycles. The summed E-state index contributed by atoms with van der Waals surface area (Å²) in [6, 6.07) is 6.18. The Hall–Kier alpha value is -3.08. The van der Waals surface area contributed by atoms with Crippen LogP contribution in [-0.4, -0.2) is 66.1 Å². The molecule has 0 saturated heterocycles. The number of hydrogen-bond donors (Lipinski definition) is 4. The number of nitrogens with zero attached hydrogens (tertiary/aromatic N) is 1. The third-order valence-electron chi connectivity index (χ3n) is 5.04. The normalized spacial score (nSPS) is 13.2. The number of carbonyl (C=O) groups is 5. The summed E-state index contributed by atoms with van der Waals surface area (Å²) in [6.07, 6.45) is -0.337. The Kier molecular flexibility index (Phi) is 12.9. The molecule has 0 bridgehead atoms. The molecule has 0 spiro atoms. The second-order valence-corrected chi connectivity index (χ2v) is 9.29. The summed E-state index contributed by atoms with van der Waals surface area (Å²) < 4.78 is 5.12. The number of carbonyl (C=O) groups excluding carboxylic acids is 5. The van der Waals surface area contributed by atoms with Gasteiger partial charge in [0.1, 0.15) is 18.7 Å². The predicted octanol–water partition coefficient (Wildman–Crippen LogP) is 1.64. The summed E-state index contributed by atoms with van der Waals surface area (Å²) in [4.78, 5) is 62.7. The van der Waals surface area contributed by atoms with Crippen molar-refractivity contribution in [2.24, 2.45) is 5.92 Å². The highest BCUT2D eigenvalue weighted by atomic mass is 32.1. The molecular weight excluding hydrogens is 472 g/mol. The van der Waals surface area contributed by atoms with E-state index in [0.29, 0.717) is 6.42 Å². The molecule has 4 amide bonds. The van der Waals surface area contributed by atoms with Crippen LogP contribution in [-0.2, 0) is 30.5 Å². The fourth-order valence-electron chi connectivity index (χ4n) is 3.03. The number of nitrogens with one attached hydrogen (secondary N) is 3. The second-order valence-electron chi connectivity index (χ2n) is 8.84. The van der Waals surface area contributed by atoms with Crippen molar-refractivity contribution in [1.82, 2.24) is 20.9 Å². The van der Waals surface area contributed by atoms with E-state index in [1.807, 2.05) is 32.0 Å². The fourth-order valence-corrected chi connectivity index (χ4v) is 3.22. The molecule has 1 aromatic rings. The Morgan fingerprint density at radius 1 is 0.914 bits per heavy atom. The van der Waals surface area contributed by atoms with Gasteiger partial charge in [-0.2, -0.15) is 0 Å². The van der Waals surface area contributed by atoms with E-state index in [2.05, 4.69) is 28.6 Å². The summed E-state index contributed by atoms with van der Waals surface area (Å²) in [7, 11) is 3.19. The molecule has 194 valence electrons. The van der Waals surface area contributed by atoms with E-state index in [0.717, 1.165) is 5.56 Å². The Morgan fingerprint density at radius 3 is 2.06 bits per heavy atom. The minimum atomic E-state index is -0.982. The van der Waals surface area contributed by atoms with Crippen molar-refractivity contribution in [3.05, 3.63) is 35.9 Å². The van der Waals surface area contributed by atoms with Crippen LogP contribution in [0.2, 0.25) is 0 Å². The molecule has 0 heterocycles. The summed E-state index contributed by atoms with van der Waals surface area (Å²) >= 11 is 3.82. The highest BCUT2D eigenvalue weighted by Gasteiger charge is 2.28. The molecule has 3 N–H and O–H groups in total. The summed E-state index contributed by atoms with van der Waals surface area (Å²) in [5.41, 5.74) is 0.800. The van der Waals surface area contributed by atoms with Gasteiger partial charge in [0.25, 0.3) is 0 Å². The molecule has 0 aromatic heterocycles. The quantitative estimate of drug-likeness (QED) is 0.299. The van der Waals surface area contributed by atoms with Gasteiger partial charge in [-0.15, -0.1) is 12.6 Å². The van der Waals surface area contributed by atoms with Crippen molar-refractivity contribution in [2.75, 3.05) is 14.1 Å². The van der Waals surface area contributed by atoms with E-state index in [9.17, 15) is 24.0 Å². The first-order valence-corrected chi connectivity index (χ1v) is 11.9. The first-order valence-electron chi connectivity index (χ1n) is 11.4. The number of alkyl carbamates (subject to hydrolysis) is 1. The van der Waals surface area contributed by atoms with Gasteiger partial charge in [0.15, 0.2) is 0 Å². The molecular formula is C24H36N4O6S. The molecule has 0 radical (unpaired) electrons. The standard InChI is InChI=1S/C24H36N4O6S/c1-15(2)13-19(22(31)26-18(23(32)35)11-12-20(29)28(4)5)27-21(30)16(3)25-24(33)34-14-17-9-7-6-8-10-17/h6-10,15-16,18-19H,11-14H2,1-5H3,(H,25,33)(H,26,31)(H,27,30)(H,32,35)/t16-,18-,19-/m0/s1. The van der Waals surface area contributed by atoms with Crippen molar-refractivity contribution in [3.8, 4) is 0 Å². The topological polar surface area (TPSA) is 134 Å². The van der Waals surface area contributed by atoms with Gasteiger partial charge in [0.05, 0.1) is 6.04 Å². The van der Waals surface area contributed by atoms with Crippen LogP contribution in [0.1, 0.15) is 45.6 Å². The number of rotatable bonds is 13. The number of benzene rings is 1. The number of ether oxygens (including phenoxy) is 1. The SMILES string of the molecule is CC(C)C[C@H](NC(=O)[C@H](C)NC(=O)OCc1ccccc1)C(=O)N[C@@H](CCC(=O)N(C)C)C(=O)S. The van der Waals surface area contributed by atoms with Crippen LogP contribution in [0.15, 0.2) is 30.3 Å². The van der Waals surface area contributed by atoms with Gasteiger partial charge in [-0.1, -0.05) is 44.2 Å². The first-order chi connectivity index (χ1) is 16.4. The predicted molar refractivity (Wildman–Crippen MR) is 134 cm³/mol. The molecule has 3 atom stereocenters. The molecule has 0 unspecified atom stereocenters. The third kappa shape index (κ3) is 11.7. The summed E-state index contributed by atoms with van der Waals surface area (Å²) in [6.45, 7) is 5.28. The lowest BCUT2D eigenvalue weighted by atomic mass is 10.0. The molecule has 0 aliphatic carbocycles. The maximum absolute atomic E-state index is 12.9. The molecule has 1 rings (SSSR count). The molecule has 0 saturated carbocycles. The van der Waals surface area contributed by atoms with Crippen LogP contribution in [0.3, 0.4) is 0 Å². The monoisotopic (exact) mass is 508 g/mol. The minimum Gasteiger partial charge on any atom is -0.445 e. The molecule has 0 fully saturated rings. The fraction of sp³-hybridized carbons (Fsp3) is 0.542. The smallest absolute Gasteiger partial charge is 0.408 e. The highest BCUT2D eigenvalue weighted by molar-refractivity contribution is 7.96. The summed E-state index contributed by atoms with van der Waals surface area (Å²) in [5, 5.41) is 7.05. The maximum Gasteiger partial charge on any atom is 0.408 e. The van der Waals surface area contributed by atoms with Crippen LogP contribution in [0, 0.1) is 5.92 Å². The van der Waals surface area contributed by atoms with Gasteiger partial charge in [0, 0.05) is 20.5 Å². The number of thiol groups is 1. The van der Waals surface area contributed by atoms with Gasteiger partial charge >= 0.3 is 6.09 Å². The van der Waals surface area contributed by atoms with Gasteiger partial charge < -0.3 is 25.6 Å². The molecule has 11 heteroatoms. The average Bonchev–Trinajstić information content (AvgIpc) is 2.79. The van der Waals surface area contributed by atoms with Crippen LogP contribution in [0.25, 0.3) is 0 Å². The van der Waals surface area contributed by atoms with Crippen molar-refractivity contribution in [1.29, 1.82) is 0 Å². The van der Waals surface area contributed by atoms with E-state index >= 15 is 0 Å². The van der Waals surface area contributed by atoms with Crippen LogP contribution in [0.5, 0.6) is 0 Å². The maximum atomic E-state index is 12.9. The average molecular weight is 509 g/mol. The summed E-state index contributed by atoms with van der Waals surface area (Å²) in [5.74, 6) is -1.30. The zero-order chi connectivity index (χ0) is 26.5. The lowest BCUT2D eigenvalue weighted by Gasteiger charge is -2.24. The van der Waals surface area contributed by atoms with E-state index in [-0.39, 0.29) is 31.3 Å².